The van der Waals surface area contributed by atoms with Gasteiger partial charge in [0.15, 0.2) is 5.60 Å². The van der Waals surface area contributed by atoms with Crippen LogP contribution in [0.1, 0.15) is 39.0 Å². The summed E-state index contributed by atoms with van der Waals surface area (Å²) in [4.78, 5) is 22.4. The lowest BCUT2D eigenvalue weighted by molar-refractivity contribution is -0.156. The van der Waals surface area contributed by atoms with E-state index in [1.807, 2.05) is 0 Å². The van der Waals surface area contributed by atoms with E-state index in [0.29, 0.717) is 18.3 Å². The minimum absolute atomic E-state index is 0.144. The molecule has 5 heteroatoms. The van der Waals surface area contributed by atoms with Crippen LogP contribution in [0.15, 0.2) is 0 Å². The summed E-state index contributed by atoms with van der Waals surface area (Å²) in [5.74, 6) is 0.478. The van der Waals surface area contributed by atoms with Crippen molar-refractivity contribution in [3.05, 3.63) is 0 Å². The molecule has 0 radical (unpaired) electrons. The molecule has 2 aliphatic carbocycles. The summed E-state index contributed by atoms with van der Waals surface area (Å²) >= 11 is 0. The van der Waals surface area contributed by atoms with Crippen LogP contribution in [-0.4, -0.2) is 34.2 Å². The normalized spacial score (nSPS) is 33.1. The fourth-order valence-corrected chi connectivity index (χ4v) is 3.28. The molecule has 0 aliphatic heterocycles. The van der Waals surface area contributed by atoms with E-state index >= 15 is 0 Å². The summed E-state index contributed by atoms with van der Waals surface area (Å²) in [5.41, 5.74) is -1.88. The smallest absolute Gasteiger partial charge is 0.337 e. The van der Waals surface area contributed by atoms with Crippen LogP contribution in [0, 0.1) is 17.8 Å². The van der Waals surface area contributed by atoms with Gasteiger partial charge in [0.1, 0.15) is 0 Å². The average Bonchev–Trinajstić information content (AvgIpc) is 2.88. The van der Waals surface area contributed by atoms with Crippen LogP contribution < -0.4 is 5.32 Å². The Labute approximate surface area is 107 Å². The number of carboxylic acid groups (broad SMARTS) is 1. The molecule has 2 saturated carbocycles. The zero-order valence-electron chi connectivity index (χ0n) is 10.7. The third-order valence-corrected chi connectivity index (χ3v) is 4.42. The molecule has 2 aliphatic rings. The lowest BCUT2D eigenvalue weighted by Gasteiger charge is -2.22. The SMILES string of the molecule is CC(O)(CNC(=O)CC1CC2CCC1C2)C(=O)O. The Morgan fingerprint density at radius 2 is 2.06 bits per heavy atom. The number of nitrogens with one attached hydrogen (secondary N) is 1. The van der Waals surface area contributed by atoms with Gasteiger partial charge in [-0.05, 0) is 43.9 Å². The molecule has 0 aromatic rings. The van der Waals surface area contributed by atoms with Crippen LogP contribution in [0.2, 0.25) is 0 Å². The first-order chi connectivity index (χ1) is 8.38. The maximum Gasteiger partial charge on any atom is 0.337 e. The van der Waals surface area contributed by atoms with Gasteiger partial charge in [-0.1, -0.05) is 6.42 Å². The standard InChI is InChI=1S/C13H21NO4/c1-13(18,12(16)17)7-14-11(15)6-10-5-8-2-3-9(10)4-8/h8-10,18H,2-7H2,1H3,(H,14,15)(H,16,17). The van der Waals surface area contributed by atoms with Crippen LogP contribution in [0.4, 0.5) is 0 Å². The Morgan fingerprint density at radius 1 is 1.33 bits per heavy atom. The molecular formula is C13H21NO4. The van der Waals surface area contributed by atoms with Gasteiger partial charge in [0, 0.05) is 6.42 Å². The first-order valence-corrected chi connectivity index (χ1v) is 6.61. The number of carbonyl (C=O) groups is 2. The van der Waals surface area contributed by atoms with Crippen LogP contribution in [-0.2, 0) is 9.59 Å². The van der Waals surface area contributed by atoms with Crippen molar-refractivity contribution in [2.24, 2.45) is 17.8 Å². The number of carboxylic acids is 1. The number of amides is 1. The fraction of sp³-hybridized carbons (Fsp3) is 0.846. The summed E-state index contributed by atoms with van der Waals surface area (Å²) < 4.78 is 0. The van der Waals surface area contributed by atoms with E-state index in [2.05, 4.69) is 5.32 Å². The Bertz CT molecular complexity index is 353. The second kappa shape index (κ2) is 4.88. The lowest BCUT2D eigenvalue weighted by Crippen LogP contribution is -2.46. The molecule has 5 nitrogen and oxygen atoms in total. The van der Waals surface area contributed by atoms with Gasteiger partial charge in [0.05, 0.1) is 6.54 Å². The molecule has 0 heterocycles. The van der Waals surface area contributed by atoms with Crippen LogP contribution in [0.25, 0.3) is 0 Å². The van der Waals surface area contributed by atoms with E-state index in [0.717, 1.165) is 12.3 Å². The van der Waals surface area contributed by atoms with Gasteiger partial charge in [0.25, 0.3) is 0 Å². The third-order valence-electron chi connectivity index (χ3n) is 4.42. The van der Waals surface area contributed by atoms with Crippen molar-refractivity contribution < 1.29 is 19.8 Å². The van der Waals surface area contributed by atoms with Gasteiger partial charge in [-0.2, -0.15) is 0 Å². The van der Waals surface area contributed by atoms with Gasteiger partial charge in [-0.25, -0.2) is 4.79 Å². The number of aliphatic hydroxyl groups is 1. The van der Waals surface area contributed by atoms with Crippen molar-refractivity contribution in [1.29, 1.82) is 0 Å². The second-order valence-electron chi connectivity index (χ2n) is 5.99. The van der Waals surface area contributed by atoms with Crippen molar-refractivity contribution in [3.63, 3.8) is 0 Å². The van der Waals surface area contributed by atoms with Crippen molar-refractivity contribution in [2.75, 3.05) is 6.54 Å². The highest BCUT2D eigenvalue weighted by atomic mass is 16.4. The molecule has 0 saturated heterocycles. The first-order valence-electron chi connectivity index (χ1n) is 6.61. The molecule has 102 valence electrons. The topological polar surface area (TPSA) is 86.6 Å². The molecule has 2 bridgehead atoms. The molecule has 0 aromatic carbocycles. The Balaban J connectivity index is 1.74. The maximum absolute atomic E-state index is 11.7. The molecule has 0 aromatic heterocycles. The number of fused-ring (bicyclic) bond motifs is 2. The number of carbonyl (C=O) groups excluding carboxylic acids is 1. The number of hydrogen-bond donors (Lipinski definition) is 3. The largest absolute Gasteiger partial charge is 0.479 e. The highest BCUT2D eigenvalue weighted by Gasteiger charge is 2.40. The summed E-state index contributed by atoms with van der Waals surface area (Å²) in [5, 5.41) is 20.7. The van der Waals surface area contributed by atoms with E-state index in [9.17, 15) is 14.7 Å². The predicted octanol–water partition coefficient (Wildman–Crippen LogP) is 0.764. The molecule has 3 N–H and O–H groups in total. The van der Waals surface area contributed by atoms with Gasteiger partial charge in [-0.15, -0.1) is 0 Å². The van der Waals surface area contributed by atoms with Gasteiger partial charge < -0.3 is 15.5 Å². The molecule has 0 spiro atoms. The summed E-state index contributed by atoms with van der Waals surface area (Å²) in [7, 11) is 0. The zero-order valence-corrected chi connectivity index (χ0v) is 10.7. The summed E-state index contributed by atoms with van der Waals surface area (Å²) in [6.07, 6.45) is 5.39. The minimum atomic E-state index is -1.88. The van der Waals surface area contributed by atoms with Crippen molar-refractivity contribution >= 4 is 11.9 Å². The Hall–Kier alpha value is -1.10. The van der Waals surface area contributed by atoms with E-state index in [4.69, 9.17) is 5.11 Å². The van der Waals surface area contributed by atoms with E-state index in [1.165, 1.54) is 26.2 Å². The van der Waals surface area contributed by atoms with E-state index in [1.54, 1.807) is 0 Å². The molecule has 2 rings (SSSR count). The molecule has 4 unspecified atom stereocenters. The molecule has 1 amide bonds. The molecule has 4 atom stereocenters. The minimum Gasteiger partial charge on any atom is -0.479 e. The lowest BCUT2D eigenvalue weighted by atomic mass is 9.86. The third kappa shape index (κ3) is 2.83. The summed E-state index contributed by atoms with van der Waals surface area (Å²) in [6, 6.07) is 0. The monoisotopic (exact) mass is 255 g/mol. The van der Waals surface area contributed by atoms with Crippen LogP contribution in [0.3, 0.4) is 0 Å². The van der Waals surface area contributed by atoms with Crippen molar-refractivity contribution in [1.82, 2.24) is 5.32 Å². The molecule has 18 heavy (non-hydrogen) atoms. The van der Waals surface area contributed by atoms with Crippen molar-refractivity contribution in [3.8, 4) is 0 Å². The molecule has 2 fully saturated rings. The molecular weight excluding hydrogens is 234 g/mol. The highest BCUT2D eigenvalue weighted by Crippen LogP contribution is 2.49. The maximum atomic E-state index is 11.7. The number of rotatable bonds is 5. The summed E-state index contributed by atoms with van der Waals surface area (Å²) in [6.45, 7) is 0.953. The van der Waals surface area contributed by atoms with E-state index < -0.39 is 11.6 Å². The van der Waals surface area contributed by atoms with Gasteiger partial charge in [0.2, 0.25) is 5.91 Å². The second-order valence-corrected chi connectivity index (χ2v) is 5.99. The average molecular weight is 255 g/mol. The zero-order chi connectivity index (χ0) is 13.3. The predicted molar refractivity (Wildman–Crippen MR) is 64.8 cm³/mol. The van der Waals surface area contributed by atoms with Gasteiger partial charge >= 0.3 is 5.97 Å². The fourth-order valence-electron chi connectivity index (χ4n) is 3.28. The quantitative estimate of drug-likeness (QED) is 0.677. The highest BCUT2D eigenvalue weighted by molar-refractivity contribution is 5.80. The van der Waals surface area contributed by atoms with E-state index in [-0.39, 0.29) is 12.5 Å². The van der Waals surface area contributed by atoms with Gasteiger partial charge in [-0.3, -0.25) is 4.79 Å². The Kier molecular flexibility index (Phi) is 3.61. The van der Waals surface area contributed by atoms with Crippen LogP contribution >= 0.6 is 0 Å². The van der Waals surface area contributed by atoms with Crippen LogP contribution in [0.5, 0.6) is 0 Å². The first kappa shape index (κ1) is 13.3. The number of aliphatic carboxylic acids is 1. The Morgan fingerprint density at radius 3 is 2.56 bits per heavy atom. The van der Waals surface area contributed by atoms with Crippen molar-refractivity contribution in [2.45, 2.75) is 44.6 Å². The number of hydrogen-bond acceptors (Lipinski definition) is 3.